The van der Waals surface area contributed by atoms with E-state index in [2.05, 4.69) is 0 Å². The number of carbonyl (C=O) groups is 2. The number of Topliss-reactive ketones (excluding diaryl/α,β-unsaturated/α-hetero) is 2. The van der Waals surface area contributed by atoms with E-state index in [-0.39, 0.29) is 18.0 Å². The third-order valence-corrected chi connectivity index (χ3v) is 3.23. The molecule has 2 aliphatic carbocycles. The van der Waals surface area contributed by atoms with Crippen LogP contribution in [0.25, 0.3) is 0 Å². The summed E-state index contributed by atoms with van der Waals surface area (Å²) in [4.78, 5) is 23.9. The first kappa shape index (κ1) is 10.5. The normalized spacial score (nSPS) is 24.7. The molecule has 0 unspecified atom stereocenters. The maximum Gasteiger partial charge on any atom is 0.240 e. The lowest BCUT2D eigenvalue weighted by molar-refractivity contribution is -0.207. The minimum absolute atomic E-state index is 0.00852. The third-order valence-electron chi connectivity index (χ3n) is 3.23. The van der Waals surface area contributed by atoms with Crippen LogP contribution in [-0.2, 0) is 19.1 Å². The number of carbonyl (C=O) groups excluding carboxylic acids is 2. The highest BCUT2D eigenvalue weighted by molar-refractivity contribution is 6.15. The Kier molecular flexibility index (Phi) is 2.48. The molecule has 2 aliphatic rings. The van der Waals surface area contributed by atoms with Gasteiger partial charge in [-0.1, -0.05) is 0 Å². The lowest BCUT2D eigenvalue weighted by Gasteiger charge is -2.32. The highest BCUT2D eigenvalue weighted by Gasteiger charge is 2.49. The van der Waals surface area contributed by atoms with Crippen molar-refractivity contribution in [3.8, 4) is 0 Å². The summed E-state index contributed by atoms with van der Waals surface area (Å²) in [6.45, 7) is 0. The lowest BCUT2D eigenvalue weighted by Crippen LogP contribution is -2.48. The summed E-state index contributed by atoms with van der Waals surface area (Å²) in [5.74, 6) is -1.54. The largest absolute Gasteiger partial charge is 0.346 e. The Bertz CT molecular complexity index is 350. The molecule has 82 valence electrons. The van der Waals surface area contributed by atoms with Crippen LogP contribution in [0.3, 0.4) is 0 Å². The maximum absolute atomic E-state index is 12.1. The lowest BCUT2D eigenvalue weighted by atomic mass is 9.86. The van der Waals surface area contributed by atoms with E-state index < -0.39 is 5.79 Å². The van der Waals surface area contributed by atoms with E-state index in [4.69, 9.17) is 9.47 Å². The molecule has 0 aliphatic heterocycles. The van der Waals surface area contributed by atoms with Crippen molar-refractivity contribution < 1.29 is 19.1 Å². The number of hydrogen-bond acceptors (Lipinski definition) is 4. The Balaban J connectivity index is 2.44. The quantitative estimate of drug-likeness (QED) is 0.638. The fourth-order valence-corrected chi connectivity index (χ4v) is 2.34. The Morgan fingerprint density at radius 1 is 1.07 bits per heavy atom. The molecule has 0 bridgehead atoms. The minimum Gasteiger partial charge on any atom is -0.346 e. The topological polar surface area (TPSA) is 52.6 Å². The van der Waals surface area contributed by atoms with Crippen LogP contribution in [0.1, 0.15) is 25.7 Å². The van der Waals surface area contributed by atoms with Gasteiger partial charge >= 0.3 is 0 Å². The molecule has 0 saturated heterocycles. The summed E-state index contributed by atoms with van der Waals surface area (Å²) >= 11 is 0. The van der Waals surface area contributed by atoms with Crippen LogP contribution in [0.5, 0.6) is 0 Å². The van der Waals surface area contributed by atoms with Gasteiger partial charge in [-0.25, -0.2) is 0 Å². The number of methoxy groups -OCH3 is 2. The van der Waals surface area contributed by atoms with E-state index >= 15 is 0 Å². The van der Waals surface area contributed by atoms with E-state index in [1.54, 1.807) is 0 Å². The number of rotatable bonds is 2. The van der Waals surface area contributed by atoms with Crippen LogP contribution in [0.2, 0.25) is 0 Å². The monoisotopic (exact) mass is 210 g/mol. The van der Waals surface area contributed by atoms with E-state index in [0.29, 0.717) is 17.6 Å². The standard InChI is InChI=1S/C11H14O4/c1-14-11(15-2)6-9(12)7-4-3-5-8(7)10(11)13/h3-6H2,1-2H3. The van der Waals surface area contributed by atoms with Crippen LogP contribution in [-0.4, -0.2) is 31.6 Å². The van der Waals surface area contributed by atoms with Gasteiger partial charge in [0.25, 0.3) is 0 Å². The molecular formula is C11H14O4. The molecule has 0 radical (unpaired) electrons. The molecule has 15 heavy (non-hydrogen) atoms. The third kappa shape index (κ3) is 1.36. The zero-order valence-corrected chi connectivity index (χ0v) is 8.96. The average molecular weight is 210 g/mol. The van der Waals surface area contributed by atoms with Crippen molar-refractivity contribution in [2.24, 2.45) is 0 Å². The van der Waals surface area contributed by atoms with Crippen molar-refractivity contribution in [2.45, 2.75) is 31.5 Å². The molecule has 0 spiro atoms. The fraction of sp³-hybridized carbons (Fsp3) is 0.636. The highest BCUT2D eigenvalue weighted by Crippen LogP contribution is 2.38. The van der Waals surface area contributed by atoms with E-state index in [9.17, 15) is 9.59 Å². The molecule has 0 aromatic heterocycles. The fourth-order valence-electron chi connectivity index (χ4n) is 2.34. The summed E-state index contributed by atoms with van der Waals surface area (Å²) in [6.07, 6.45) is 2.29. The van der Waals surface area contributed by atoms with Gasteiger partial charge in [-0.2, -0.15) is 0 Å². The van der Waals surface area contributed by atoms with Gasteiger partial charge in [0.1, 0.15) is 0 Å². The molecule has 0 saturated carbocycles. The van der Waals surface area contributed by atoms with Gasteiger partial charge in [-0.05, 0) is 19.3 Å². The molecule has 0 fully saturated rings. The molecular weight excluding hydrogens is 196 g/mol. The predicted molar refractivity (Wildman–Crippen MR) is 52.3 cm³/mol. The van der Waals surface area contributed by atoms with Crippen LogP contribution in [0.4, 0.5) is 0 Å². The molecule has 4 nitrogen and oxygen atoms in total. The van der Waals surface area contributed by atoms with Crippen molar-refractivity contribution in [2.75, 3.05) is 14.2 Å². The van der Waals surface area contributed by atoms with Gasteiger partial charge < -0.3 is 9.47 Å². The zero-order valence-electron chi connectivity index (χ0n) is 8.96. The second kappa shape index (κ2) is 3.54. The van der Waals surface area contributed by atoms with E-state index in [1.807, 2.05) is 0 Å². The molecule has 2 rings (SSSR count). The van der Waals surface area contributed by atoms with E-state index in [1.165, 1.54) is 14.2 Å². The van der Waals surface area contributed by atoms with Crippen molar-refractivity contribution in [1.82, 2.24) is 0 Å². The number of ketones is 2. The van der Waals surface area contributed by atoms with Crippen LogP contribution in [0, 0.1) is 0 Å². The van der Waals surface area contributed by atoms with Gasteiger partial charge in [0, 0.05) is 25.4 Å². The first-order valence-corrected chi connectivity index (χ1v) is 5.05. The molecule has 0 aromatic carbocycles. The number of allylic oxidation sites excluding steroid dienone is 1. The molecule has 0 aromatic rings. The Morgan fingerprint density at radius 2 is 1.67 bits per heavy atom. The molecule has 0 atom stereocenters. The average Bonchev–Trinajstić information content (AvgIpc) is 2.73. The molecule has 4 heteroatoms. The second-order valence-electron chi connectivity index (χ2n) is 3.90. The summed E-state index contributed by atoms with van der Waals surface area (Å²) < 4.78 is 10.2. The minimum atomic E-state index is -1.36. The summed E-state index contributed by atoms with van der Waals surface area (Å²) in [5, 5.41) is 0. The SMILES string of the molecule is COC1(OC)CC(=O)C2=C(CCC2)C1=O. The van der Waals surface area contributed by atoms with Gasteiger partial charge in [0.05, 0.1) is 6.42 Å². The van der Waals surface area contributed by atoms with Crippen molar-refractivity contribution >= 4 is 11.6 Å². The van der Waals surface area contributed by atoms with Crippen molar-refractivity contribution in [3.63, 3.8) is 0 Å². The van der Waals surface area contributed by atoms with E-state index in [0.717, 1.165) is 12.8 Å². The van der Waals surface area contributed by atoms with Gasteiger partial charge in [-0.3, -0.25) is 9.59 Å². The second-order valence-corrected chi connectivity index (χ2v) is 3.90. The van der Waals surface area contributed by atoms with Gasteiger partial charge in [0.15, 0.2) is 5.78 Å². The molecule has 0 amide bonds. The maximum atomic E-state index is 12.1. The number of ether oxygens (including phenoxy) is 2. The Morgan fingerprint density at radius 3 is 2.27 bits per heavy atom. The highest BCUT2D eigenvalue weighted by atomic mass is 16.7. The van der Waals surface area contributed by atoms with Crippen molar-refractivity contribution in [1.29, 1.82) is 0 Å². The summed E-state index contributed by atoms with van der Waals surface area (Å²) in [5.41, 5.74) is 1.32. The van der Waals surface area contributed by atoms with Crippen LogP contribution >= 0.6 is 0 Å². The van der Waals surface area contributed by atoms with Gasteiger partial charge in [0.2, 0.25) is 11.6 Å². The zero-order chi connectivity index (χ0) is 11.1. The van der Waals surface area contributed by atoms with Crippen LogP contribution in [0.15, 0.2) is 11.1 Å². The Labute approximate surface area is 88.2 Å². The molecule has 0 heterocycles. The Hall–Kier alpha value is -1.00. The molecule has 0 N–H and O–H groups in total. The first-order valence-electron chi connectivity index (χ1n) is 5.05. The summed E-state index contributed by atoms with van der Waals surface area (Å²) in [7, 11) is 2.80. The van der Waals surface area contributed by atoms with Crippen molar-refractivity contribution in [3.05, 3.63) is 11.1 Å². The number of hydrogen-bond donors (Lipinski definition) is 0. The van der Waals surface area contributed by atoms with Crippen LogP contribution < -0.4 is 0 Å². The smallest absolute Gasteiger partial charge is 0.240 e. The predicted octanol–water partition coefficient (Wildman–Crippen LogP) is 0.998. The first-order chi connectivity index (χ1) is 7.14. The van der Waals surface area contributed by atoms with Gasteiger partial charge in [-0.15, -0.1) is 0 Å². The summed E-state index contributed by atoms with van der Waals surface area (Å²) in [6, 6.07) is 0.